The van der Waals surface area contributed by atoms with Gasteiger partial charge in [-0.3, -0.25) is 0 Å². The van der Waals surface area contributed by atoms with Gasteiger partial charge in [0.05, 0.1) is 17.7 Å². The molecule has 0 radical (unpaired) electrons. The molecule has 0 atom stereocenters. The highest BCUT2D eigenvalue weighted by atomic mass is 79.9. The number of rotatable bonds is 5. The third-order valence-corrected chi connectivity index (χ3v) is 3.57. The normalized spacial score (nSPS) is 9.67. The summed E-state index contributed by atoms with van der Waals surface area (Å²) in [5.41, 5.74) is 3.02. The molecule has 0 aliphatic heterocycles. The summed E-state index contributed by atoms with van der Waals surface area (Å²) in [6, 6.07) is 1.87. The molecule has 2 aromatic rings. The van der Waals surface area contributed by atoms with Crippen LogP contribution in [0.2, 0.25) is 0 Å². The largest absolute Gasteiger partial charge is 0.359 e. The molecule has 8 heteroatoms. The standard InChI is InChI=1S/C10H12BrN3OS.2ClH/c1-7-9(16-6-13-7)2-3-12-5-8-4-10(11)14-15-8;;/h4,6,12H,2-3,5H2,1H3;2*1H. The van der Waals surface area contributed by atoms with Gasteiger partial charge >= 0.3 is 0 Å². The van der Waals surface area contributed by atoms with Gasteiger partial charge in [0, 0.05) is 17.5 Å². The Morgan fingerprint density at radius 3 is 2.78 bits per heavy atom. The van der Waals surface area contributed by atoms with Crippen LogP contribution in [-0.2, 0) is 13.0 Å². The molecule has 0 aliphatic rings. The summed E-state index contributed by atoms with van der Waals surface area (Å²) < 4.78 is 5.79. The number of hydrogen-bond acceptors (Lipinski definition) is 5. The van der Waals surface area contributed by atoms with E-state index in [1.807, 2.05) is 18.5 Å². The smallest absolute Gasteiger partial charge is 0.151 e. The van der Waals surface area contributed by atoms with Crippen LogP contribution in [0.25, 0.3) is 0 Å². The Morgan fingerprint density at radius 1 is 1.44 bits per heavy atom. The second-order valence-electron chi connectivity index (χ2n) is 3.40. The van der Waals surface area contributed by atoms with Crippen molar-refractivity contribution >= 4 is 52.1 Å². The highest BCUT2D eigenvalue weighted by Gasteiger charge is 2.02. The average Bonchev–Trinajstić information content (AvgIpc) is 2.83. The zero-order valence-electron chi connectivity index (χ0n) is 9.68. The van der Waals surface area contributed by atoms with Crippen LogP contribution in [0.4, 0.5) is 0 Å². The maximum Gasteiger partial charge on any atom is 0.151 e. The van der Waals surface area contributed by atoms with Crippen molar-refractivity contribution in [1.29, 1.82) is 0 Å². The van der Waals surface area contributed by atoms with Gasteiger partial charge in [-0.25, -0.2) is 4.98 Å². The lowest BCUT2D eigenvalue weighted by Crippen LogP contribution is -2.16. The first kappa shape index (κ1) is 17.9. The Bertz CT molecular complexity index is 463. The first-order chi connectivity index (χ1) is 7.75. The fraction of sp³-hybridized carbons (Fsp3) is 0.400. The number of aryl methyl sites for hydroxylation is 1. The summed E-state index contributed by atoms with van der Waals surface area (Å²) in [7, 11) is 0. The maximum atomic E-state index is 5.06. The molecule has 102 valence electrons. The molecule has 0 aliphatic carbocycles. The third-order valence-electron chi connectivity index (χ3n) is 2.20. The van der Waals surface area contributed by atoms with E-state index in [0.29, 0.717) is 6.54 Å². The van der Waals surface area contributed by atoms with Crippen LogP contribution in [0.5, 0.6) is 0 Å². The molecule has 0 saturated heterocycles. The van der Waals surface area contributed by atoms with Crippen molar-refractivity contribution in [2.45, 2.75) is 19.9 Å². The van der Waals surface area contributed by atoms with Crippen LogP contribution in [0, 0.1) is 6.92 Å². The summed E-state index contributed by atoms with van der Waals surface area (Å²) in [6.07, 6.45) is 1.01. The predicted octanol–water partition coefficient (Wildman–Crippen LogP) is 3.38. The fourth-order valence-electron chi connectivity index (χ4n) is 1.35. The lowest BCUT2D eigenvalue weighted by atomic mass is 10.3. The van der Waals surface area contributed by atoms with Crippen molar-refractivity contribution in [2.75, 3.05) is 6.54 Å². The van der Waals surface area contributed by atoms with Gasteiger partial charge < -0.3 is 9.84 Å². The monoisotopic (exact) mass is 373 g/mol. The van der Waals surface area contributed by atoms with E-state index in [9.17, 15) is 0 Å². The Hall–Kier alpha value is -0.140. The molecule has 0 aromatic carbocycles. The minimum Gasteiger partial charge on any atom is -0.359 e. The molecule has 18 heavy (non-hydrogen) atoms. The van der Waals surface area contributed by atoms with Crippen LogP contribution in [0.15, 0.2) is 20.7 Å². The maximum absolute atomic E-state index is 5.06. The van der Waals surface area contributed by atoms with E-state index in [2.05, 4.69) is 31.4 Å². The fourth-order valence-corrected chi connectivity index (χ4v) is 2.46. The summed E-state index contributed by atoms with van der Waals surface area (Å²) in [4.78, 5) is 5.55. The molecule has 0 unspecified atom stereocenters. The number of halogens is 3. The summed E-state index contributed by atoms with van der Waals surface area (Å²) in [6.45, 7) is 3.66. The van der Waals surface area contributed by atoms with E-state index in [0.717, 1.165) is 29.0 Å². The van der Waals surface area contributed by atoms with Gasteiger partial charge in [0.2, 0.25) is 0 Å². The summed E-state index contributed by atoms with van der Waals surface area (Å²) in [5, 5.41) is 7.06. The minimum atomic E-state index is 0. The average molecular weight is 375 g/mol. The molecule has 0 amide bonds. The topological polar surface area (TPSA) is 51.0 Å². The van der Waals surface area contributed by atoms with Crippen molar-refractivity contribution in [3.8, 4) is 0 Å². The highest BCUT2D eigenvalue weighted by molar-refractivity contribution is 9.10. The third kappa shape index (κ3) is 5.24. The molecule has 0 saturated carbocycles. The first-order valence-corrected chi connectivity index (χ1v) is 6.64. The van der Waals surface area contributed by atoms with Crippen LogP contribution in [0.1, 0.15) is 16.3 Å². The molecule has 2 aromatic heterocycles. The van der Waals surface area contributed by atoms with Crippen molar-refractivity contribution in [2.24, 2.45) is 0 Å². The van der Waals surface area contributed by atoms with Gasteiger partial charge in [0.15, 0.2) is 5.76 Å². The molecule has 0 fully saturated rings. The van der Waals surface area contributed by atoms with E-state index in [4.69, 9.17) is 4.52 Å². The van der Waals surface area contributed by atoms with Gasteiger partial charge in [-0.15, -0.1) is 36.2 Å². The number of nitrogens with zero attached hydrogens (tertiary/aromatic N) is 2. The zero-order valence-corrected chi connectivity index (χ0v) is 13.7. The first-order valence-electron chi connectivity index (χ1n) is 4.96. The molecule has 4 nitrogen and oxygen atoms in total. The lowest BCUT2D eigenvalue weighted by molar-refractivity contribution is 0.370. The van der Waals surface area contributed by atoms with Crippen molar-refractivity contribution in [3.63, 3.8) is 0 Å². The highest BCUT2D eigenvalue weighted by Crippen LogP contribution is 2.12. The predicted molar refractivity (Wildman–Crippen MR) is 81.0 cm³/mol. The van der Waals surface area contributed by atoms with Crippen molar-refractivity contribution in [1.82, 2.24) is 15.5 Å². The van der Waals surface area contributed by atoms with E-state index in [1.54, 1.807) is 11.3 Å². The van der Waals surface area contributed by atoms with Gasteiger partial charge in [-0.05, 0) is 29.3 Å². The molecular weight excluding hydrogens is 361 g/mol. The van der Waals surface area contributed by atoms with Crippen molar-refractivity contribution < 1.29 is 4.52 Å². The number of thiazole rings is 1. The quantitative estimate of drug-likeness (QED) is 0.815. The van der Waals surface area contributed by atoms with Crippen molar-refractivity contribution in [3.05, 3.63) is 32.5 Å². The molecule has 2 rings (SSSR count). The number of aromatic nitrogens is 2. The summed E-state index contributed by atoms with van der Waals surface area (Å²) in [5.74, 6) is 0.841. The minimum absolute atomic E-state index is 0. The van der Waals surface area contributed by atoms with Crippen LogP contribution < -0.4 is 5.32 Å². The van der Waals surface area contributed by atoms with Crippen LogP contribution in [0.3, 0.4) is 0 Å². The van der Waals surface area contributed by atoms with E-state index < -0.39 is 0 Å². The van der Waals surface area contributed by atoms with E-state index in [-0.39, 0.29) is 24.8 Å². The van der Waals surface area contributed by atoms with Crippen LogP contribution >= 0.6 is 52.1 Å². The second-order valence-corrected chi connectivity index (χ2v) is 5.16. The number of nitrogens with one attached hydrogen (secondary N) is 1. The molecule has 0 bridgehead atoms. The molecule has 1 N–H and O–H groups in total. The summed E-state index contributed by atoms with van der Waals surface area (Å²) >= 11 is 4.95. The van der Waals surface area contributed by atoms with Gasteiger partial charge in [0.25, 0.3) is 0 Å². The Labute approximate surface area is 130 Å². The van der Waals surface area contributed by atoms with E-state index >= 15 is 0 Å². The zero-order chi connectivity index (χ0) is 11.4. The SMILES string of the molecule is Cc1ncsc1CCNCc1cc(Br)no1.Cl.Cl. The van der Waals surface area contributed by atoms with Gasteiger partial charge in [-0.1, -0.05) is 5.16 Å². The molecular formula is C10H14BrCl2N3OS. The molecule has 0 spiro atoms. The van der Waals surface area contributed by atoms with Gasteiger partial charge in [0.1, 0.15) is 4.60 Å². The number of hydrogen-bond donors (Lipinski definition) is 1. The van der Waals surface area contributed by atoms with E-state index in [1.165, 1.54) is 4.88 Å². The second kappa shape index (κ2) is 8.87. The van der Waals surface area contributed by atoms with Crippen LogP contribution in [-0.4, -0.2) is 16.7 Å². The Balaban J connectivity index is 0.00000144. The Morgan fingerprint density at radius 2 is 2.22 bits per heavy atom. The molecule has 2 heterocycles. The Kier molecular flexibility index (Phi) is 8.81. The lowest BCUT2D eigenvalue weighted by Gasteiger charge is -2.00. The van der Waals surface area contributed by atoms with Gasteiger partial charge in [-0.2, -0.15) is 0 Å².